The molecule has 2 aromatic rings. The van der Waals surface area contributed by atoms with Crippen LogP contribution in [-0.2, 0) is 16.1 Å². The monoisotopic (exact) mass is 378 g/mol. The number of alkyl carbamates (subject to hydrolysis) is 1. The van der Waals surface area contributed by atoms with Gasteiger partial charge in [0.2, 0.25) is 5.91 Å². The van der Waals surface area contributed by atoms with Gasteiger partial charge in [0.25, 0.3) is 0 Å². The van der Waals surface area contributed by atoms with Crippen molar-refractivity contribution in [2.45, 2.75) is 31.4 Å². The topological polar surface area (TPSA) is 58.6 Å². The molecular weight excluding hydrogens is 352 g/mol. The number of nitrogens with zero attached hydrogens (tertiary/aromatic N) is 1. The first-order chi connectivity index (χ1) is 13.7. The minimum atomic E-state index is -0.749. The molecule has 3 rings (SSSR count). The van der Waals surface area contributed by atoms with Crippen LogP contribution in [0.15, 0.2) is 73.3 Å². The van der Waals surface area contributed by atoms with E-state index < -0.39 is 12.1 Å². The van der Waals surface area contributed by atoms with Crippen LogP contribution in [0.25, 0.3) is 0 Å². The van der Waals surface area contributed by atoms with Crippen LogP contribution in [0.1, 0.15) is 29.9 Å². The number of hydrogen-bond donors (Lipinski definition) is 1. The van der Waals surface area contributed by atoms with Crippen molar-refractivity contribution in [3.05, 3.63) is 84.4 Å². The normalized spacial score (nSPS) is 15.5. The first-order valence-corrected chi connectivity index (χ1v) is 9.62. The second-order valence-corrected chi connectivity index (χ2v) is 6.89. The lowest BCUT2D eigenvalue weighted by atomic mass is 9.90. The predicted molar refractivity (Wildman–Crippen MR) is 109 cm³/mol. The van der Waals surface area contributed by atoms with Gasteiger partial charge in [0.05, 0.1) is 0 Å². The average Bonchev–Trinajstić information content (AvgIpc) is 3.28. The Bertz CT molecular complexity index is 786. The van der Waals surface area contributed by atoms with Gasteiger partial charge in [0, 0.05) is 19.0 Å². The Labute approximate surface area is 166 Å². The molecule has 1 aliphatic rings. The molecule has 1 N–H and O–H groups in total. The lowest BCUT2D eigenvalue weighted by molar-refractivity contribution is -0.132. The Balaban J connectivity index is 1.74. The van der Waals surface area contributed by atoms with E-state index >= 15 is 0 Å². The fraction of sp³-hybridized carbons (Fsp3) is 0.304. The smallest absolute Gasteiger partial charge is 0.408 e. The molecule has 1 saturated heterocycles. The molecule has 5 heteroatoms. The zero-order valence-electron chi connectivity index (χ0n) is 15.9. The van der Waals surface area contributed by atoms with E-state index in [1.165, 1.54) is 0 Å². The van der Waals surface area contributed by atoms with Crippen molar-refractivity contribution in [3.63, 3.8) is 0 Å². The molecule has 28 heavy (non-hydrogen) atoms. The first-order valence-electron chi connectivity index (χ1n) is 9.62. The number of benzene rings is 2. The van der Waals surface area contributed by atoms with Crippen LogP contribution in [0.3, 0.4) is 0 Å². The maximum atomic E-state index is 13.1. The third-order valence-corrected chi connectivity index (χ3v) is 4.97. The number of rotatable bonds is 7. The molecule has 1 aliphatic heterocycles. The van der Waals surface area contributed by atoms with Crippen molar-refractivity contribution < 1.29 is 14.3 Å². The number of ether oxygens (including phenoxy) is 1. The molecular formula is C23H26N2O3. The molecule has 146 valence electrons. The molecule has 2 aromatic carbocycles. The van der Waals surface area contributed by atoms with Gasteiger partial charge < -0.3 is 15.0 Å². The number of carbonyl (C=O) groups is 2. The van der Waals surface area contributed by atoms with E-state index in [1.807, 2.05) is 65.6 Å². The highest BCUT2D eigenvalue weighted by molar-refractivity contribution is 5.87. The highest BCUT2D eigenvalue weighted by atomic mass is 16.5. The number of nitrogens with one attached hydrogen (secondary N) is 1. The maximum absolute atomic E-state index is 13.1. The van der Waals surface area contributed by atoms with Gasteiger partial charge in [-0.2, -0.15) is 0 Å². The molecule has 0 aliphatic carbocycles. The van der Waals surface area contributed by atoms with E-state index in [1.54, 1.807) is 6.08 Å². The van der Waals surface area contributed by atoms with Crippen molar-refractivity contribution in [2.75, 3.05) is 13.1 Å². The van der Waals surface area contributed by atoms with Gasteiger partial charge in [-0.25, -0.2) is 4.79 Å². The summed E-state index contributed by atoms with van der Waals surface area (Å²) >= 11 is 0. The molecule has 0 radical (unpaired) electrons. The van der Waals surface area contributed by atoms with E-state index in [2.05, 4.69) is 11.9 Å². The van der Waals surface area contributed by atoms with Crippen LogP contribution in [0.2, 0.25) is 0 Å². The highest BCUT2D eigenvalue weighted by Gasteiger charge is 2.34. The van der Waals surface area contributed by atoms with Crippen LogP contribution in [0.5, 0.6) is 0 Å². The van der Waals surface area contributed by atoms with Crippen molar-refractivity contribution >= 4 is 12.0 Å². The summed E-state index contributed by atoms with van der Waals surface area (Å²) in [5.41, 5.74) is 1.82. The molecule has 5 nitrogen and oxygen atoms in total. The Hall–Kier alpha value is -3.08. The summed E-state index contributed by atoms with van der Waals surface area (Å²) in [6.07, 6.45) is 3.08. The zero-order chi connectivity index (χ0) is 19.8. The van der Waals surface area contributed by atoms with Crippen LogP contribution < -0.4 is 5.32 Å². The summed E-state index contributed by atoms with van der Waals surface area (Å²) in [7, 11) is 0. The minimum absolute atomic E-state index is 0.0945. The van der Waals surface area contributed by atoms with Gasteiger partial charge in [-0.15, -0.1) is 6.58 Å². The Morgan fingerprint density at radius 3 is 2.25 bits per heavy atom. The zero-order valence-corrected chi connectivity index (χ0v) is 15.9. The summed E-state index contributed by atoms with van der Waals surface area (Å²) in [4.78, 5) is 27.4. The Kier molecular flexibility index (Phi) is 6.84. The van der Waals surface area contributed by atoms with Crippen LogP contribution in [0.4, 0.5) is 4.79 Å². The van der Waals surface area contributed by atoms with Crippen LogP contribution in [0, 0.1) is 0 Å². The van der Waals surface area contributed by atoms with E-state index in [4.69, 9.17) is 4.74 Å². The van der Waals surface area contributed by atoms with Gasteiger partial charge in [0.15, 0.2) is 0 Å². The molecule has 1 fully saturated rings. The second-order valence-electron chi connectivity index (χ2n) is 6.89. The van der Waals surface area contributed by atoms with E-state index in [0.717, 1.165) is 24.0 Å². The number of likely N-dealkylation sites (tertiary alicyclic amines) is 1. The lowest BCUT2D eigenvalue weighted by Gasteiger charge is -2.29. The number of carbonyl (C=O) groups excluding carboxylic acids is 2. The van der Waals surface area contributed by atoms with E-state index in [9.17, 15) is 9.59 Å². The van der Waals surface area contributed by atoms with Crippen molar-refractivity contribution in [2.24, 2.45) is 0 Å². The van der Waals surface area contributed by atoms with Gasteiger partial charge in [-0.05, 0) is 24.0 Å². The van der Waals surface area contributed by atoms with Crippen LogP contribution >= 0.6 is 0 Å². The third kappa shape index (κ3) is 5.00. The Morgan fingerprint density at radius 1 is 1.04 bits per heavy atom. The van der Waals surface area contributed by atoms with Gasteiger partial charge in [-0.1, -0.05) is 66.7 Å². The van der Waals surface area contributed by atoms with Gasteiger partial charge in [0.1, 0.15) is 12.6 Å². The van der Waals surface area contributed by atoms with Gasteiger partial charge >= 0.3 is 6.09 Å². The van der Waals surface area contributed by atoms with Crippen LogP contribution in [-0.4, -0.2) is 36.0 Å². The molecule has 0 unspecified atom stereocenters. The summed E-state index contributed by atoms with van der Waals surface area (Å²) in [5, 5.41) is 2.79. The average molecular weight is 378 g/mol. The molecule has 0 bridgehead atoms. The standard InChI is InChI=1S/C23H26N2O3/c1-2-20(19-13-7-4-8-14-19)21(22(26)25-15-9-10-16-25)24-23(27)28-17-18-11-5-3-6-12-18/h2-8,11-14,20-21H,1,9-10,15-17H2,(H,24,27)/t20-,21-/m1/s1. The van der Waals surface area contributed by atoms with E-state index in [-0.39, 0.29) is 18.4 Å². The molecule has 0 spiro atoms. The summed E-state index contributed by atoms with van der Waals surface area (Å²) < 4.78 is 5.35. The van der Waals surface area contributed by atoms with E-state index in [0.29, 0.717) is 13.1 Å². The molecule has 0 aromatic heterocycles. The molecule has 0 saturated carbocycles. The molecule has 2 atom stereocenters. The molecule has 1 heterocycles. The van der Waals surface area contributed by atoms with Crippen molar-refractivity contribution in [1.29, 1.82) is 0 Å². The number of amides is 2. The highest BCUT2D eigenvalue weighted by Crippen LogP contribution is 2.24. The molecule has 2 amide bonds. The maximum Gasteiger partial charge on any atom is 0.408 e. The quantitative estimate of drug-likeness (QED) is 0.744. The largest absolute Gasteiger partial charge is 0.445 e. The first kappa shape index (κ1) is 19.7. The minimum Gasteiger partial charge on any atom is -0.445 e. The van der Waals surface area contributed by atoms with Crippen molar-refractivity contribution in [3.8, 4) is 0 Å². The number of hydrogen-bond acceptors (Lipinski definition) is 3. The predicted octanol–water partition coefficient (Wildman–Crippen LogP) is 3.87. The second kappa shape index (κ2) is 9.74. The SMILES string of the molecule is C=C[C@H](c1ccccc1)[C@@H](NC(=O)OCc1ccccc1)C(=O)N1CCCC1. The van der Waals surface area contributed by atoms with Gasteiger partial charge in [-0.3, -0.25) is 4.79 Å². The van der Waals surface area contributed by atoms with Crippen molar-refractivity contribution in [1.82, 2.24) is 10.2 Å². The summed E-state index contributed by atoms with van der Waals surface area (Å²) in [5.74, 6) is -0.429. The Morgan fingerprint density at radius 2 is 1.64 bits per heavy atom. The third-order valence-electron chi connectivity index (χ3n) is 4.97. The lowest BCUT2D eigenvalue weighted by Crippen LogP contribution is -2.50. The fourth-order valence-electron chi connectivity index (χ4n) is 3.47. The summed E-state index contributed by atoms with van der Waals surface area (Å²) in [6.45, 7) is 5.49. The summed E-state index contributed by atoms with van der Waals surface area (Å²) in [6, 6.07) is 18.3. The fourth-order valence-corrected chi connectivity index (χ4v) is 3.47.